The summed E-state index contributed by atoms with van der Waals surface area (Å²) in [7, 11) is 0. The van der Waals surface area contributed by atoms with Gasteiger partial charge in [-0.3, -0.25) is 9.59 Å². The Morgan fingerprint density at radius 2 is 1.45 bits per heavy atom. The number of carbonyl (C=O) groups excluding carboxylic acids is 2. The van der Waals surface area contributed by atoms with E-state index in [1.807, 2.05) is 6.92 Å². The van der Waals surface area contributed by atoms with Gasteiger partial charge in [0.05, 0.1) is 30.3 Å². The second-order valence-electron chi connectivity index (χ2n) is 19.8. The molecular weight excluding hydrogens is 760 g/mol. The molecule has 0 radical (unpaired) electrons. The zero-order valence-electron chi connectivity index (χ0n) is 34.1. The van der Waals surface area contributed by atoms with Gasteiger partial charge in [-0.15, -0.1) is 0 Å². The lowest BCUT2D eigenvalue weighted by Crippen LogP contribution is -2.66. The van der Waals surface area contributed by atoms with Gasteiger partial charge in [0.25, 0.3) is 0 Å². The quantitative estimate of drug-likeness (QED) is 0.120. The summed E-state index contributed by atoms with van der Waals surface area (Å²) < 4.78 is 36.1. The Morgan fingerprint density at radius 1 is 0.810 bits per heavy atom. The lowest BCUT2D eigenvalue weighted by atomic mass is 9.45. The minimum Gasteiger partial charge on any atom is -0.462 e. The van der Waals surface area contributed by atoms with Gasteiger partial charge in [0.15, 0.2) is 12.6 Å². The maximum atomic E-state index is 13.0. The summed E-state index contributed by atoms with van der Waals surface area (Å²) in [6, 6.07) is 0. The Morgan fingerprint density at radius 3 is 2.09 bits per heavy atom. The summed E-state index contributed by atoms with van der Waals surface area (Å²) in [5, 5.41) is 84.4. The van der Waals surface area contributed by atoms with Gasteiger partial charge in [-0.2, -0.15) is 0 Å². The molecule has 4 heterocycles. The van der Waals surface area contributed by atoms with Crippen LogP contribution in [-0.2, 0) is 38.0 Å². The smallest absolute Gasteiger partial charge is 0.315 e. The Kier molecular flexibility index (Phi) is 11.3. The van der Waals surface area contributed by atoms with Gasteiger partial charge in [-0.05, 0) is 87.9 Å². The van der Waals surface area contributed by atoms with Crippen LogP contribution in [0.5, 0.6) is 0 Å². The van der Waals surface area contributed by atoms with E-state index in [0.29, 0.717) is 37.0 Å². The van der Waals surface area contributed by atoms with E-state index in [1.165, 1.54) is 6.92 Å². The predicted octanol–water partition coefficient (Wildman–Crippen LogP) is 0.209. The third kappa shape index (κ3) is 6.54. The molecule has 0 spiro atoms. The fourth-order valence-corrected chi connectivity index (χ4v) is 13.4. The first-order valence-electron chi connectivity index (χ1n) is 21.3. The molecule has 58 heavy (non-hydrogen) atoms. The van der Waals surface area contributed by atoms with E-state index in [1.54, 1.807) is 6.92 Å². The normalized spacial score (nSPS) is 55.1. The van der Waals surface area contributed by atoms with Crippen molar-refractivity contribution in [3.63, 3.8) is 0 Å². The maximum Gasteiger partial charge on any atom is 0.315 e. The van der Waals surface area contributed by atoms with E-state index >= 15 is 0 Å². The summed E-state index contributed by atoms with van der Waals surface area (Å²) in [5.74, 6) is 0.744. The number of aliphatic hydroxyl groups is 8. The highest BCUT2D eigenvalue weighted by atomic mass is 16.8. The molecule has 9 rings (SSSR count). The maximum absolute atomic E-state index is 13.0. The van der Waals surface area contributed by atoms with E-state index in [0.717, 1.165) is 37.7 Å². The van der Waals surface area contributed by atoms with Crippen LogP contribution in [0.3, 0.4) is 0 Å². The molecule has 4 saturated carbocycles. The molecule has 22 atom stereocenters. The Hall–Kier alpha value is -1.80. The molecule has 5 aliphatic carbocycles. The van der Waals surface area contributed by atoms with Crippen LogP contribution >= 0.6 is 0 Å². The van der Waals surface area contributed by atoms with E-state index in [4.69, 9.17) is 28.4 Å². The minimum atomic E-state index is -1.80. The fraction of sp³-hybridized carbons (Fsp3) is 0.905. The minimum absolute atomic E-state index is 0.0137. The first-order valence-corrected chi connectivity index (χ1v) is 21.3. The van der Waals surface area contributed by atoms with Gasteiger partial charge in [0.2, 0.25) is 0 Å². The molecule has 2 bridgehead atoms. The van der Waals surface area contributed by atoms with Gasteiger partial charge in [0, 0.05) is 31.1 Å². The van der Waals surface area contributed by atoms with Gasteiger partial charge < -0.3 is 69.3 Å². The average Bonchev–Trinajstić information content (AvgIpc) is 3.52. The van der Waals surface area contributed by atoms with Gasteiger partial charge >= 0.3 is 11.9 Å². The molecule has 0 aromatic heterocycles. The second-order valence-corrected chi connectivity index (χ2v) is 19.8. The van der Waals surface area contributed by atoms with Crippen LogP contribution in [0.2, 0.25) is 0 Å². The predicted molar refractivity (Wildman–Crippen MR) is 199 cm³/mol. The summed E-state index contributed by atoms with van der Waals surface area (Å²) in [6.07, 6.45) is -8.41. The Balaban J connectivity index is 1.03. The number of allylic oxidation sites excluding steroid dienone is 1. The number of fused-ring (bicyclic) bond motifs is 8. The second kappa shape index (κ2) is 15.2. The van der Waals surface area contributed by atoms with Crippen molar-refractivity contribution in [2.45, 2.75) is 178 Å². The zero-order chi connectivity index (χ0) is 41.9. The van der Waals surface area contributed by atoms with Crippen LogP contribution in [0.25, 0.3) is 0 Å². The summed E-state index contributed by atoms with van der Waals surface area (Å²) in [5.41, 5.74) is -1.45. The highest BCUT2D eigenvalue weighted by Crippen LogP contribution is 2.69. The van der Waals surface area contributed by atoms with Crippen molar-refractivity contribution in [1.29, 1.82) is 0 Å². The van der Waals surface area contributed by atoms with Crippen molar-refractivity contribution in [2.24, 2.45) is 45.8 Å². The number of ether oxygens (including phenoxy) is 6. The van der Waals surface area contributed by atoms with Crippen LogP contribution in [0.15, 0.2) is 11.6 Å². The number of carbonyl (C=O) groups is 2. The molecule has 0 aromatic rings. The molecule has 4 saturated heterocycles. The number of esters is 2. The SMILES string of the molecule is CC(=O)OC1CC(OC2OC(CO)C(O)C(O)C2OC2OC(CO)C(O)C(O)C2O)CC2=CCC3C4CCC(C5CC6(C)C(=O)OC5CC6(C)O)C4(C)CCC3C21C. The monoisotopic (exact) mass is 824 g/mol. The first-order chi connectivity index (χ1) is 27.3. The fourth-order valence-electron chi connectivity index (χ4n) is 13.4. The lowest BCUT2D eigenvalue weighted by Gasteiger charge is -2.62. The van der Waals surface area contributed by atoms with Crippen molar-refractivity contribution in [2.75, 3.05) is 13.2 Å². The van der Waals surface area contributed by atoms with Crippen LogP contribution in [0, 0.1) is 45.8 Å². The molecule has 328 valence electrons. The Bertz CT molecular complexity index is 1600. The molecular formula is C42H64O16. The molecule has 8 N–H and O–H groups in total. The standard InChI is InChI=1S/C42H64O16/c1-18(45)53-29-13-20(54-37-35(33(49)31(47)28(17-44)56-37)58-36-34(50)32(48)30(46)27(16-43)55-36)12-19-6-7-21-23-8-9-24(39(23,2)11-10-25(21)42(19,29)5)22-14-40(3)38(51)57-26(22)15-41(40,4)52/h6,20-37,43-44,46-50,52H,7-17H2,1-5H3. The van der Waals surface area contributed by atoms with Crippen molar-refractivity contribution < 1.29 is 78.9 Å². The van der Waals surface area contributed by atoms with E-state index in [2.05, 4.69) is 19.9 Å². The van der Waals surface area contributed by atoms with Gasteiger partial charge in [0.1, 0.15) is 61.0 Å². The summed E-state index contributed by atoms with van der Waals surface area (Å²) >= 11 is 0. The van der Waals surface area contributed by atoms with Crippen LogP contribution in [-0.4, -0.2) is 151 Å². The van der Waals surface area contributed by atoms with Crippen molar-refractivity contribution in [1.82, 2.24) is 0 Å². The molecule has 16 nitrogen and oxygen atoms in total. The van der Waals surface area contributed by atoms with E-state index < -0.39 is 109 Å². The van der Waals surface area contributed by atoms with Crippen molar-refractivity contribution in [3.05, 3.63) is 11.6 Å². The number of hydrogen-bond acceptors (Lipinski definition) is 16. The highest BCUT2D eigenvalue weighted by Gasteiger charge is 2.68. The van der Waals surface area contributed by atoms with Crippen molar-refractivity contribution in [3.8, 4) is 0 Å². The van der Waals surface area contributed by atoms with Crippen LogP contribution in [0.1, 0.15) is 92.4 Å². The molecule has 0 amide bonds. The highest BCUT2D eigenvalue weighted by molar-refractivity contribution is 5.80. The van der Waals surface area contributed by atoms with E-state index in [-0.39, 0.29) is 35.7 Å². The number of rotatable bonds is 8. The average molecular weight is 825 g/mol. The largest absolute Gasteiger partial charge is 0.462 e. The summed E-state index contributed by atoms with van der Waals surface area (Å²) in [4.78, 5) is 25.8. The topological polar surface area (TPSA) is 251 Å². The number of aliphatic hydroxyl groups excluding tert-OH is 7. The molecule has 9 aliphatic rings. The van der Waals surface area contributed by atoms with E-state index in [9.17, 15) is 50.4 Å². The lowest BCUT2D eigenvalue weighted by molar-refractivity contribution is -0.372. The third-order valence-electron chi connectivity index (χ3n) is 16.9. The summed E-state index contributed by atoms with van der Waals surface area (Å²) in [6.45, 7) is 8.26. The molecule has 8 fully saturated rings. The zero-order valence-corrected chi connectivity index (χ0v) is 34.1. The van der Waals surface area contributed by atoms with Gasteiger partial charge in [-0.1, -0.05) is 25.5 Å². The molecule has 0 aromatic carbocycles. The molecule has 16 heteroatoms. The Labute approximate surface area is 338 Å². The van der Waals surface area contributed by atoms with Crippen molar-refractivity contribution >= 4 is 11.9 Å². The van der Waals surface area contributed by atoms with Crippen LogP contribution < -0.4 is 0 Å². The number of hydrogen-bond donors (Lipinski definition) is 8. The molecule has 22 unspecified atom stereocenters. The third-order valence-corrected chi connectivity index (χ3v) is 16.9. The van der Waals surface area contributed by atoms with Crippen LogP contribution in [0.4, 0.5) is 0 Å². The molecule has 4 aliphatic heterocycles. The first kappa shape index (κ1) is 42.9. The van der Waals surface area contributed by atoms with Gasteiger partial charge in [-0.25, -0.2) is 0 Å².